The Hall–Kier alpha value is -2.65. The second-order valence-corrected chi connectivity index (χ2v) is 7.89. The number of halogens is 2. The minimum absolute atomic E-state index is 0.0333. The van der Waals surface area contributed by atoms with Crippen LogP contribution >= 0.6 is 11.3 Å². The number of anilines is 1. The first-order valence-corrected chi connectivity index (χ1v) is 10.2. The molecule has 6 nitrogen and oxygen atoms in total. The van der Waals surface area contributed by atoms with Crippen LogP contribution in [0, 0.1) is 18.6 Å². The van der Waals surface area contributed by atoms with Gasteiger partial charge in [-0.2, -0.15) is 0 Å². The van der Waals surface area contributed by atoms with E-state index in [-0.39, 0.29) is 24.1 Å². The molecule has 2 N–H and O–H groups in total. The number of hydrogen-bond donors (Lipinski definition) is 2. The van der Waals surface area contributed by atoms with Gasteiger partial charge in [0.2, 0.25) is 0 Å². The SMILES string of the molecule is Cc1c(C(=O)NCc2ccc(F)cc2F)sc2ncnc(NC[C@@H]3CCCO3)c12. The van der Waals surface area contributed by atoms with E-state index in [2.05, 4.69) is 20.6 Å². The van der Waals surface area contributed by atoms with E-state index in [9.17, 15) is 13.6 Å². The fourth-order valence-corrected chi connectivity index (χ4v) is 4.42. The third kappa shape index (κ3) is 4.20. The molecule has 3 heterocycles. The van der Waals surface area contributed by atoms with Gasteiger partial charge in [-0.25, -0.2) is 18.7 Å². The van der Waals surface area contributed by atoms with E-state index < -0.39 is 11.6 Å². The van der Waals surface area contributed by atoms with E-state index in [4.69, 9.17) is 4.74 Å². The van der Waals surface area contributed by atoms with Crippen molar-refractivity contribution < 1.29 is 18.3 Å². The van der Waals surface area contributed by atoms with Gasteiger partial charge in [-0.3, -0.25) is 4.79 Å². The summed E-state index contributed by atoms with van der Waals surface area (Å²) >= 11 is 1.26. The van der Waals surface area contributed by atoms with Crippen molar-refractivity contribution in [3.8, 4) is 0 Å². The molecule has 0 aliphatic carbocycles. The molecule has 4 rings (SSSR count). The molecule has 29 heavy (non-hydrogen) atoms. The lowest BCUT2D eigenvalue weighted by Gasteiger charge is -2.12. The van der Waals surface area contributed by atoms with Crippen LogP contribution in [-0.4, -0.2) is 35.1 Å². The lowest BCUT2D eigenvalue weighted by molar-refractivity contribution is 0.0954. The Labute approximate surface area is 170 Å². The molecule has 1 atom stereocenters. The number of fused-ring (bicyclic) bond motifs is 1. The van der Waals surface area contributed by atoms with Gasteiger partial charge in [0.15, 0.2) is 0 Å². The van der Waals surface area contributed by atoms with Gasteiger partial charge in [0, 0.05) is 31.3 Å². The average Bonchev–Trinajstić information content (AvgIpc) is 3.34. The van der Waals surface area contributed by atoms with Crippen molar-refractivity contribution in [3.05, 3.63) is 52.2 Å². The fraction of sp³-hybridized carbons (Fsp3) is 0.350. The number of nitrogens with zero attached hydrogens (tertiary/aromatic N) is 2. The summed E-state index contributed by atoms with van der Waals surface area (Å²) in [6, 6.07) is 3.28. The van der Waals surface area contributed by atoms with Crippen molar-refractivity contribution in [2.45, 2.75) is 32.4 Å². The van der Waals surface area contributed by atoms with Crippen LogP contribution in [0.5, 0.6) is 0 Å². The van der Waals surface area contributed by atoms with E-state index in [0.29, 0.717) is 22.1 Å². The first-order chi connectivity index (χ1) is 14.0. The summed E-state index contributed by atoms with van der Waals surface area (Å²) in [4.78, 5) is 22.5. The monoisotopic (exact) mass is 418 g/mol. The van der Waals surface area contributed by atoms with Gasteiger partial charge >= 0.3 is 0 Å². The molecule has 152 valence electrons. The van der Waals surface area contributed by atoms with E-state index in [1.807, 2.05) is 6.92 Å². The molecule has 9 heteroatoms. The zero-order chi connectivity index (χ0) is 20.4. The van der Waals surface area contributed by atoms with Gasteiger partial charge in [-0.1, -0.05) is 6.07 Å². The van der Waals surface area contributed by atoms with Crippen LogP contribution in [0.15, 0.2) is 24.5 Å². The summed E-state index contributed by atoms with van der Waals surface area (Å²) in [5, 5.41) is 6.80. The standard InChI is InChI=1S/C20H20F2N4O2S/c1-11-16-18(23-9-14-3-2-6-28-14)25-10-26-20(16)29-17(11)19(27)24-8-12-4-5-13(21)7-15(12)22/h4-5,7,10,14H,2-3,6,8-9H2,1H3,(H,24,27)(H,23,25,26)/t14-/m0/s1. The quantitative estimate of drug-likeness (QED) is 0.637. The van der Waals surface area contributed by atoms with Crippen LogP contribution < -0.4 is 10.6 Å². The summed E-state index contributed by atoms with van der Waals surface area (Å²) < 4.78 is 32.4. The number of rotatable bonds is 6. The average molecular weight is 418 g/mol. The number of nitrogens with one attached hydrogen (secondary N) is 2. The molecule has 0 radical (unpaired) electrons. The molecular weight excluding hydrogens is 398 g/mol. The highest BCUT2D eigenvalue weighted by atomic mass is 32.1. The third-order valence-corrected chi connectivity index (χ3v) is 6.11. The summed E-state index contributed by atoms with van der Waals surface area (Å²) in [6.45, 7) is 3.23. The Balaban J connectivity index is 1.51. The van der Waals surface area contributed by atoms with E-state index in [1.165, 1.54) is 23.7 Å². The maximum atomic E-state index is 13.8. The van der Waals surface area contributed by atoms with Gasteiger partial charge < -0.3 is 15.4 Å². The smallest absolute Gasteiger partial charge is 0.261 e. The zero-order valence-corrected chi connectivity index (χ0v) is 16.6. The summed E-state index contributed by atoms with van der Waals surface area (Å²) in [7, 11) is 0. The van der Waals surface area contributed by atoms with Crippen molar-refractivity contribution >= 4 is 33.3 Å². The largest absolute Gasteiger partial charge is 0.376 e. The molecule has 1 saturated heterocycles. The Morgan fingerprint density at radius 1 is 1.34 bits per heavy atom. The van der Waals surface area contributed by atoms with Gasteiger partial charge in [0.1, 0.15) is 28.6 Å². The predicted octanol–water partition coefficient (Wildman–Crippen LogP) is 3.80. The molecule has 3 aromatic rings. The minimum atomic E-state index is -0.690. The van der Waals surface area contributed by atoms with Crippen molar-refractivity contribution in [2.75, 3.05) is 18.5 Å². The number of benzene rings is 1. The number of aromatic nitrogens is 2. The molecule has 1 fully saturated rings. The van der Waals surface area contributed by atoms with Crippen LogP contribution in [0.4, 0.5) is 14.6 Å². The summed E-state index contributed by atoms with van der Waals surface area (Å²) in [5.74, 6) is -1.01. The van der Waals surface area contributed by atoms with Crippen LogP contribution in [0.2, 0.25) is 0 Å². The summed E-state index contributed by atoms with van der Waals surface area (Å²) in [5.41, 5.74) is 0.981. The maximum Gasteiger partial charge on any atom is 0.261 e. The van der Waals surface area contributed by atoms with Crippen molar-refractivity contribution in [2.24, 2.45) is 0 Å². The highest BCUT2D eigenvalue weighted by Crippen LogP contribution is 2.33. The third-order valence-electron chi connectivity index (χ3n) is 4.91. The molecule has 1 aliphatic heterocycles. The molecule has 0 spiro atoms. The zero-order valence-electron chi connectivity index (χ0n) is 15.8. The molecule has 0 bridgehead atoms. The topological polar surface area (TPSA) is 76.1 Å². The van der Waals surface area contributed by atoms with Crippen LogP contribution in [0.1, 0.15) is 33.6 Å². The van der Waals surface area contributed by atoms with Gasteiger partial charge in [-0.05, 0) is 31.4 Å². The molecule has 1 aromatic carbocycles. The first kappa shape index (κ1) is 19.7. The van der Waals surface area contributed by atoms with E-state index in [0.717, 1.165) is 42.5 Å². The second kappa shape index (κ2) is 8.38. The Bertz CT molecular complexity index is 1050. The van der Waals surface area contributed by atoms with Crippen molar-refractivity contribution in [3.63, 3.8) is 0 Å². The van der Waals surface area contributed by atoms with Crippen LogP contribution in [-0.2, 0) is 11.3 Å². The summed E-state index contributed by atoms with van der Waals surface area (Å²) in [6.07, 6.45) is 3.69. The Kier molecular flexibility index (Phi) is 5.68. The molecule has 1 aliphatic rings. The Morgan fingerprint density at radius 2 is 2.21 bits per heavy atom. The number of hydrogen-bond acceptors (Lipinski definition) is 6. The van der Waals surface area contributed by atoms with Gasteiger partial charge in [-0.15, -0.1) is 11.3 Å². The number of ether oxygens (including phenoxy) is 1. The predicted molar refractivity (Wildman–Crippen MR) is 107 cm³/mol. The number of aryl methyl sites for hydroxylation is 1. The Morgan fingerprint density at radius 3 is 2.97 bits per heavy atom. The lowest BCUT2D eigenvalue weighted by atomic mass is 10.1. The molecule has 0 saturated carbocycles. The van der Waals surface area contributed by atoms with Crippen LogP contribution in [0.25, 0.3) is 10.2 Å². The number of carbonyl (C=O) groups is 1. The molecular formula is C20H20F2N4O2S. The van der Waals surface area contributed by atoms with Gasteiger partial charge in [0.05, 0.1) is 16.4 Å². The van der Waals surface area contributed by atoms with Crippen molar-refractivity contribution in [1.82, 2.24) is 15.3 Å². The fourth-order valence-electron chi connectivity index (χ4n) is 3.36. The normalized spacial score (nSPS) is 16.3. The van der Waals surface area contributed by atoms with E-state index >= 15 is 0 Å². The molecule has 1 amide bonds. The highest BCUT2D eigenvalue weighted by molar-refractivity contribution is 7.20. The van der Waals surface area contributed by atoms with Gasteiger partial charge in [0.25, 0.3) is 5.91 Å². The highest BCUT2D eigenvalue weighted by Gasteiger charge is 2.21. The molecule has 2 aromatic heterocycles. The van der Waals surface area contributed by atoms with Crippen molar-refractivity contribution in [1.29, 1.82) is 0 Å². The minimum Gasteiger partial charge on any atom is -0.376 e. The number of thiophene rings is 1. The first-order valence-electron chi connectivity index (χ1n) is 9.34. The number of amides is 1. The number of carbonyl (C=O) groups excluding carboxylic acids is 1. The molecule has 0 unspecified atom stereocenters. The van der Waals surface area contributed by atoms with E-state index in [1.54, 1.807) is 0 Å². The maximum absolute atomic E-state index is 13.8. The lowest BCUT2D eigenvalue weighted by Crippen LogP contribution is -2.23. The van der Waals surface area contributed by atoms with Crippen LogP contribution in [0.3, 0.4) is 0 Å². The second-order valence-electron chi connectivity index (χ2n) is 6.89.